The third kappa shape index (κ3) is 2.64. The molecule has 6 heteroatoms. The van der Waals surface area contributed by atoms with Crippen LogP contribution in [0.4, 0.5) is 18.9 Å². The maximum absolute atomic E-state index is 13.4. The summed E-state index contributed by atoms with van der Waals surface area (Å²) in [6, 6.07) is 1.72. The van der Waals surface area contributed by atoms with E-state index in [4.69, 9.17) is 5.73 Å². The number of carbonyl (C=O) groups is 1. The van der Waals surface area contributed by atoms with Crippen molar-refractivity contribution in [2.75, 3.05) is 11.9 Å². The van der Waals surface area contributed by atoms with Gasteiger partial charge in [-0.05, 0) is 25.5 Å². The molecule has 18 heavy (non-hydrogen) atoms. The van der Waals surface area contributed by atoms with Crippen LogP contribution in [0.15, 0.2) is 12.1 Å². The van der Waals surface area contributed by atoms with E-state index in [9.17, 15) is 18.0 Å². The molecule has 0 saturated heterocycles. The normalized spacial score (nSPS) is 14.1. The van der Waals surface area contributed by atoms with Crippen molar-refractivity contribution in [1.82, 2.24) is 0 Å². The molecule has 0 aliphatic carbocycles. The van der Waals surface area contributed by atoms with Crippen molar-refractivity contribution >= 4 is 11.6 Å². The minimum Gasteiger partial charge on any atom is -0.329 e. The molecule has 1 unspecified atom stereocenters. The highest BCUT2D eigenvalue weighted by atomic mass is 19.2. The lowest BCUT2D eigenvalue weighted by molar-refractivity contribution is -0.124. The van der Waals surface area contributed by atoms with Gasteiger partial charge in [0.1, 0.15) is 0 Å². The van der Waals surface area contributed by atoms with E-state index in [2.05, 4.69) is 5.32 Å². The van der Waals surface area contributed by atoms with Gasteiger partial charge in [-0.3, -0.25) is 4.79 Å². The summed E-state index contributed by atoms with van der Waals surface area (Å²) >= 11 is 0. The Balaban J connectivity index is 2.99. The van der Waals surface area contributed by atoms with Gasteiger partial charge in [-0.2, -0.15) is 0 Å². The fraction of sp³-hybridized carbons (Fsp3) is 0.417. The first-order valence-corrected chi connectivity index (χ1v) is 5.50. The van der Waals surface area contributed by atoms with Crippen LogP contribution < -0.4 is 11.1 Å². The minimum absolute atomic E-state index is 0.0701. The first kappa shape index (κ1) is 14.5. The van der Waals surface area contributed by atoms with Gasteiger partial charge in [0.25, 0.3) is 0 Å². The van der Waals surface area contributed by atoms with Gasteiger partial charge in [0, 0.05) is 6.54 Å². The van der Waals surface area contributed by atoms with Gasteiger partial charge < -0.3 is 11.1 Å². The molecule has 1 aromatic carbocycles. The summed E-state index contributed by atoms with van der Waals surface area (Å²) in [5.41, 5.74) is 4.20. The number of halogens is 3. The van der Waals surface area contributed by atoms with E-state index in [0.717, 1.165) is 12.1 Å². The number of nitrogens with one attached hydrogen (secondary N) is 1. The van der Waals surface area contributed by atoms with E-state index >= 15 is 0 Å². The van der Waals surface area contributed by atoms with Crippen molar-refractivity contribution in [2.45, 2.75) is 20.3 Å². The first-order valence-electron chi connectivity index (χ1n) is 5.50. The van der Waals surface area contributed by atoms with Gasteiger partial charge >= 0.3 is 0 Å². The predicted molar refractivity (Wildman–Crippen MR) is 62.4 cm³/mol. The van der Waals surface area contributed by atoms with Gasteiger partial charge in [0.05, 0.1) is 11.1 Å². The molecule has 3 nitrogen and oxygen atoms in total. The van der Waals surface area contributed by atoms with E-state index in [-0.39, 0.29) is 6.54 Å². The van der Waals surface area contributed by atoms with Gasteiger partial charge in [0.15, 0.2) is 17.5 Å². The number of carbonyl (C=O) groups excluding carboxylic acids is 1. The standard InChI is InChI=1S/C12H15F3N2O/c1-3-12(2,6-16)11(18)17-8-5-4-7(13)9(14)10(8)15/h4-5H,3,6,16H2,1-2H3,(H,17,18). The maximum atomic E-state index is 13.4. The minimum atomic E-state index is -1.61. The summed E-state index contributed by atoms with van der Waals surface area (Å²) in [6.07, 6.45) is 0.445. The van der Waals surface area contributed by atoms with Gasteiger partial charge in [-0.25, -0.2) is 13.2 Å². The number of nitrogens with two attached hydrogens (primary N) is 1. The third-order valence-corrected chi connectivity index (χ3v) is 3.06. The number of amides is 1. The molecule has 0 fully saturated rings. The summed E-state index contributed by atoms with van der Waals surface area (Å²) in [5.74, 6) is -4.86. The molecule has 1 aromatic rings. The Morgan fingerprint density at radius 3 is 2.44 bits per heavy atom. The topological polar surface area (TPSA) is 55.1 Å². The molecule has 0 aromatic heterocycles. The molecule has 0 aliphatic rings. The van der Waals surface area contributed by atoms with Crippen molar-refractivity contribution in [3.63, 3.8) is 0 Å². The maximum Gasteiger partial charge on any atom is 0.231 e. The Labute approximate surface area is 103 Å². The zero-order chi connectivity index (χ0) is 13.9. The molecular weight excluding hydrogens is 245 g/mol. The second-order valence-electron chi connectivity index (χ2n) is 4.30. The summed E-state index contributed by atoms with van der Waals surface area (Å²) in [7, 11) is 0. The SMILES string of the molecule is CCC(C)(CN)C(=O)Nc1ccc(F)c(F)c1F. The Bertz CT molecular complexity index is 459. The fourth-order valence-corrected chi connectivity index (χ4v) is 1.29. The van der Waals surface area contributed by atoms with Crippen LogP contribution in [0, 0.1) is 22.9 Å². The molecule has 0 heterocycles. The zero-order valence-corrected chi connectivity index (χ0v) is 10.2. The van der Waals surface area contributed by atoms with Crippen LogP contribution in [0.25, 0.3) is 0 Å². The fourth-order valence-electron chi connectivity index (χ4n) is 1.29. The Kier molecular flexibility index (Phi) is 4.34. The van der Waals surface area contributed by atoms with Crippen LogP contribution in [0.3, 0.4) is 0 Å². The van der Waals surface area contributed by atoms with Crippen LogP contribution in [0.1, 0.15) is 20.3 Å². The van der Waals surface area contributed by atoms with E-state index in [0.29, 0.717) is 6.42 Å². The van der Waals surface area contributed by atoms with E-state index < -0.39 is 34.5 Å². The van der Waals surface area contributed by atoms with Gasteiger partial charge in [-0.1, -0.05) is 6.92 Å². The summed E-state index contributed by atoms with van der Waals surface area (Å²) in [4.78, 5) is 11.9. The number of benzene rings is 1. The van der Waals surface area contributed by atoms with Crippen LogP contribution in [0.2, 0.25) is 0 Å². The number of hydrogen-bond acceptors (Lipinski definition) is 2. The van der Waals surface area contributed by atoms with E-state index in [1.165, 1.54) is 0 Å². The van der Waals surface area contributed by atoms with Crippen LogP contribution in [0.5, 0.6) is 0 Å². The second kappa shape index (κ2) is 5.39. The number of anilines is 1. The molecule has 0 bridgehead atoms. The zero-order valence-electron chi connectivity index (χ0n) is 10.2. The van der Waals surface area contributed by atoms with Crippen LogP contribution >= 0.6 is 0 Å². The average Bonchev–Trinajstić information content (AvgIpc) is 2.38. The molecule has 100 valence electrons. The summed E-state index contributed by atoms with van der Waals surface area (Å²) in [6.45, 7) is 3.44. The molecule has 0 radical (unpaired) electrons. The van der Waals surface area contributed by atoms with Crippen LogP contribution in [-0.2, 0) is 4.79 Å². The smallest absolute Gasteiger partial charge is 0.231 e. The molecule has 0 saturated carbocycles. The molecule has 1 rings (SSSR count). The molecular formula is C12H15F3N2O. The molecule has 0 aliphatic heterocycles. The lowest BCUT2D eigenvalue weighted by Crippen LogP contribution is -2.39. The lowest BCUT2D eigenvalue weighted by atomic mass is 9.86. The van der Waals surface area contributed by atoms with Crippen molar-refractivity contribution in [3.8, 4) is 0 Å². The van der Waals surface area contributed by atoms with Crippen LogP contribution in [-0.4, -0.2) is 12.5 Å². The Hall–Kier alpha value is -1.56. The highest BCUT2D eigenvalue weighted by Gasteiger charge is 2.30. The number of hydrogen-bond donors (Lipinski definition) is 2. The van der Waals surface area contributed by atoms with Crippen molar-refractivity contribution < 1.29 is 18.0 Å². The van der Waals surface area contributed by atoms with Gasteiger partial charge in [0.2, 0.25) is 5.91 Å². The largest absolute Gasteiger partial charge is 0.329 e. The van der Waals surface area contributed by atoms with E-state index in [1.807, 2.05) is 0 Å². The Morgan fingerprint density at radius 1 is 1.33 bits per heavy atom. The second-order valence-corrected chi connectivity index (χ2v) is 4.30. The van der Waals surface area contributed by atoms with Crippen molar-refractivity contribution in [2.24, 2.45) is 11.1 Å². The quantitative estimate of drug-likeness (QED) is 0.817. The highest BCUT2D eigenvalue weighted by Crippen LogP contribution is 2.25. The average molecular weight is 260 g/mol. The predicted octanol–water partition coefficient (Wildman–Crippen LogP) is 2.42. The summed E-state index contributed by atoms with van der Waals surface area (Å²) in [5, 5.41) is 2.22. The van der Waals surface area contributed by atoms with E-state index in [1.54, 1.807) is 13.8 Å². The first-order chi connectivity index (χ1) is 8.35. The summed E-state index contributed by atoms with van der Waals surface area (Å²) < 4.78 is 39.0. The van der Waals surface area contributed by atoms with Gasteiger partial charge in [-0.15, -0.1) is 0 Å². The molecule has 1 amide bonds. The third-order valence-electron chi connectivity index (χ3n) is 3.06. The highest BCUT2D eigenvalue weighted by molar-refractivity contribution is 5.95. The molecule has 3 N–H and O–H groups in total. The molecule has 0 spiro atoms. The number of rotatable bonds is 4. The lowest BCUT2D eigenvalue weighted by Gasteiger charge is -2.25. The monoisotopic (exact) mass is 260 g/mol. The molecule has 1 atom stereocenters. The van der Waals surface area contributed by atoms with Crippen molar-refractivity contribution in [3.05, 3.63) is 29.6 Å². The Morgan fingerprint density at radius 2 is 1.94 bits per heavy atom. The van der Waals surface area contributed by atoms with Crippen molar-refractivity contribution in [1.29, 1.82) is 0 Å².